The van der Waals surface area contributed by atoms with Crippen LogP contribution < -0.4 is 11.2 Å². The number of nitrogens with zero attached hydrogens (tertiary/aromatic N) is 1. The number of hydrogen-bond acceptors (Lipinski definition) is 4. The first-order valence-corrected chi connectivity index (χ1v) is 5.64. The molecule has 1 saturated heterocycles. The second-order valence-electron chi connectivity index (χ2n) is 4.42. The van der Waals surface area contributed by atoms with Gasteiger partial charge in [0.25, 0.3) is 5.56 Å². The number of aryl methyl sites for hydroxylation is 1. The molecular weight excluding hydrogens is 224 g/mol. The molecular formula is C11H16N2O4. The van der Waals surface area contributed by atoms with E-state index in [4.69, 9.17) is 4.74 Å². The molecule has 1 aromatic heterocycles. The number of rotatable bonds is 1. The maximum Gasteiger partial charge on any atom is 0.330 e. The van der Waals surface area contributed by atoms with Crippen molar-refractivity contribution in [3.8, 4) is 0 Å². The molecule has 0 unspecified atom stereocenters. The van der Waals surface area contributed by atoms with E-state index in [9.17, 15) is 14.7 Å². The van der Waals surface area contributed by atoms with Crippen molar-refractivity contribution < 1.29 is 9.84 Å². The van der Waals surface area contributed by atoms with E-state index in [2.05, 4.69) is 4.98 Å². The number of aromatic amines is 1. The molecule has 0 radical (unpaired) electrons. The first-order chi connectivity index (χ1) is 7.99. The molecule has 6 nitrogen and oxygen atoms in total. The van der Waals surface area contributed by atoms with E-state index in [-0.39, 0.29) is 11.7 Å². The van der Waals surface area contributed by atoms with Crippen molar-refractivity contribution in [3.05, 3.63) is 32.6 Å². The average Bonchev–Trinajstić information content (AvgIpc) is 2.27. The highest BCUT2D eigenvalue weighted by Gasteiger charge is 2.28. The Kier molecular flexibility index (Phi) is 3.17. The monoisotopic (exact) mass is 240 g/mol. The van der Waals surface area contributed by atoms with Crippen LogP contribution in [0.3, 0.4) is 0 Å². The van der Waals surface area contributed by atoms with Gasteiger partial charge in [0.2, 0.25) is 0 Å². The zero-order chi connectivity index (χ0) is 12.6. The Labute approximate surface area is 97.9 Å². The van der Waals surface area contributed by atoms with Crippen LogP contribution in [0.1, 0.15) is 31.6 Å². The predicted molar refractivity (Wildman–Crippen MR) is 60.9 cm³/mol. The zero-order valence-electron chi connectivity index (χ0n) is 9.84. The summed E-state index contributed by atoms with van der Waals surface area (Å²) in [5, 5.41) is 9.54. The molecule has 2 heterocycles. The molecule has 1 fully saturated rings. The van der Waals surface area contributed by atoms with E-state index in [1.165, 1.54) is 10.8 Å². The lowest BCUT2D eigenvalue weighted by atomic mass is 10.1. The number of ether oxygens (including phenoxy) is 1. The lowest BCUT2D eigenvalue weighted by molar-refractivity contribution is -0.139. The first kappa shape index (κ1) is 12.1. The van der Waals surface area contributed by atoms with Crippen molar-refractivity contribution in [2.45, 2.75) is 45.1 Å². The van der Waals surface area contributed by atoms with Gasteiger partial charge in [-0.15, -0.1) is 0 Å². The summed E-state index contributed by atoms with van der Waals surface area (Å²) in [5.74, 6) is 0. The Morgan fingerprint density at radius 1 is 1.47 bits per heavy atom. The van der Waals surface area contributed by atoms with Crippen LogP contribution in [0.15, 0.2) is 15.8 Å². The molecule has 2 N–H and O–H groups in total. The lowest BCUT2D eigenvalue weighted by Gasteiger charge is -2.32. The summed E-state index contributed by atoms with van der Waals surface area (Å²) in [4.78, 5) is 25.1. The summed E-state index contributed by atoms with van der Waals surface area (Å²) < 4.78 is 6.93. The lowest BCUT2D eigenvalue weighted by Crippen LogP contribution is -2.40. The fourth-order valence-corrected chi connectivity index (χ4v) is 1.96. The summed E-state index contributed by atoms with van der Waals surface area (Å²) >= 11 is 0. The highest BCUT2D eigenvalue weighted by Crippen LogP contribution is 2.25. The quantitative estimate of drug-likeness (QED) is 0.718. The highest BCUT2D eigenvalue weighted by atomic mass is 16.5. The van der Waals surface area contributed by atoms with E-state index in [0.29, 0.717) is 18.4 Å². The van der Waals surface area contributed by atoms with Crippen LogP contribution in [0.5, 0.6) is 0 Å². The van der Waals surface area contributed by atoms with Gasteiger partial charge >= 0.3 is 5.69 Å². The first-order valence-electron chi connectivity index (χ1n) is 5.64. The SMILES string of the molecule is Cc1cn([C@H]2CC[C@@H](O)[C@H](C)O2)c(=O)[nH]c1=O. The van der Waals surface area contributed by atoms with Gasteiger partial charge in [-0.2, -0.15) is 0 Å². The fourth-order valence-electron chi connectivity index (χ4n) is 1.96. The minimum Gasteiger partial charge on any atom is -0.390 e. The van der Waals surface area contributed by atoms with Gasteiger partial charge in [-0.3, -0.25) is 14.3 Å². The number of nitrogens with one attached hydrogen (secondary N) is 1. The summed E-state index contributed by atoms with van der Waals surface area (Å²) in [5.41, 5.74) is -0.392. The smallest absolute Gasteiger partial charge is 0.330 e. The molecule has 94 valence electrons. The zero-order valence-corrected chi connectivity index (χ0v) is 9.84. The van der Waals surface area contributed by atoms with Crippen LogP contribution in [0, 0.1) is 6.92 Å². The third kappa shape index (κ3) is 2.32. The second kappa shape index (κ2) is 4.46. The van der Waals surface area contributed by atoms with Gasteiger partial charge in [-0.05, 0) is 26.7 Å². The molecule has 0 aliphatic carbocycles. The Bertz CT molecular complexity index is 519. The van der Waals surface area contributed by atoms with Crippen molar-refractivity contribution in [1.82, 2.24) is 9.55 Å². The molecule has 17 heavy (non-hydrogen) atoms. The van der Waals surface area contributed by atoms with Crippen LogP contribution in [-0.2, 0) is 4.74 Å². The molecule has 0 aromatic carbocycles. The minimum absolute atomic E-state index is 0.312. The van der Waals surface area contributed by atoms with E-state index in [1.807, 2.05) is 0 Å². The van der Waals surface area contributed by atoms with Gasteiger partial charge in [-0.25, -0.2) is 4.79 Å². The molecule has 0 amide bonds. The summed E-state index contributed by atoms with van der Waals surface area (Å²) in [6.45, 7) is 3.40. The molecule has 0 saturated carbocycles. The van der Waals surface area contributed by atoms with Gasteiger partial charge in [0.05, 0.1) is 12.2 Å². The number of hydrogen-bond donors (Lipinski definition) is 2. The number of aromatic nitrogens is 2. The molecule has 0 bridgehead atoms. The Morgan fingerprint density at radius 3 is 2.82 bits per heavy atom. The van der Waals surface area contributed by atoms with E-state index < -0.39 is 18.0 Å². The molecule has 0 spiro atoms. The molecule has 3 atom stereocenters. The Hall–Kier alpha value is -1.40. The van der Waals surface area contributed by atoms with Gasteiger partial charge < -0.3 is 9.84 Å². The predicted octanol–water partition coefficient (Wildman–Crippen LogP) is -0.0966. The van der Waals surface area contributed by atoms with E-state index in [0.717, 1.165) is 0 Å². The summed E-state index contributed by atoms with van der Waals surface area (Å²) in [7, 11) is 0. The average molecular weight is 240 g/mol. The minimum atomic E-state index is -0.495. The van der Waals surface area contributed by atoms with Crippen molar-refractivity contribution in [3.63, 3.8) is 0 Å². The Morgan fingerprint density at radius 2 is 2.18 bits per heavy atom. The topological polar surface area (TPSA) is 84.3 Å². The third-order valence-electron chi connectivity index (χ3n) is 3.08. The standard InChI is InChI=1S/C11H16N2O4/c1-6-5-13(11(16)12-10(6)15)9-4-3-8(14)7(2)17-9/h5,7-9,14H,3-4H2,1-2H3,(H,12,15,16)/t7-,8+,9+/m0/s1. The largest absolute Gasteiger partial charge is 0.390 e. The van der Waals surface area contributed by atoms with Crippen molar-refractivity contribution in [2.75, 3.05) is 0 Å². The summed E-state index contributed by atoms with van der Waals surface area (Å²) in [6.07, 6.45) is 1.40. The van der Waals surface area contributed by atoms with Crippen LogP contribution in [-0.4, -0.2) is 26.9 Å². The van der Waals surface area contributed by atoms with Gasteiger partial charge in [-0.1, -0.05) is 0 Å². The highest BCUT2D eigenvalue weighted by molar-refractivity contribution is 5.01. The summed E-state index contributed by atoms with van der Waals surface area (Å²) in [6, 6.07) is 0. The van der Waals surface area contributed by atoms with Crippen LogP contribution in [0.4, 0.5) is 0 Å². The fraction of sp³-hybridized carbons (Fsp3) is 0.636. The molecule has 1 aromatic rings. The van der Waals surface area contributed by atoms with Crippen molar-refractivity contribution in [1.29, 1.82) is 0 Å². The molecule has 1 aliphatic rings. The number of aliphatic hydroxyl groups excluding tert-OH is 1. The van der Waals surface area contributed by atoms with Gasteiger partial charge in [0, 0.05) is 11.8 Å². The normalized spacial score (nSPS) is 29.2. The van der Waals surface area contributed by atoms with Crippen LogP contribution in [0.2, 0.25) is 0 Å². The number of H-pyrrole nitrogens is 1. The van der Waals surface area contributed by atoms with Crippen LogP contribution in [0.25, 0.3) is 0 Å². The Balaban J connectivity index is 2.32. The van der Waals surface area contributed by atoms with Crippen LogP contribution >= 0.6 is 0 Å². The molecule has 2 rings (SSSR count). The van der Waals surface area contributed by atoms with E-state index >= 15 is 0 Å². The number of aliphatic hydroxyl groups is 1. The third-order valence-corrected chi connectivity index (χ3v) is 3.08. The van der Waals surface area contributed by atoms with Gasteiger partial charge in [0.1, 0.15) is 6.23 Å². The van der Waals surface area contributed by atoms with Crippen molar-refractivity contribution >= 4 is 0 Å². The van der Waals surface area contributed by atoms with Gasteiger partial charge in [0.15, 0.2) is 0 Å². The maximum atomic E-state index is 11.6. The second-order valence-corrected chi connectivity index (χ2v) is 4.42. The maximum absolute atomic E-state index is 11.6. The van der Waals surface area contributed by atoms with E-state index in [1.54, 1.807) is 13.8 Å². The molecule has 1 aliphatic heterocycles. The van der Waals surface area contributed by atoms with Crippen molar-refractivity contribution in [2.24, 2.45) is 0 Å². The molecule has 6 heteroatoms.